The summed E-state index contributed by atoms with van der Waals surface area (Å²) in [6, 6.07) is 7.39. The smallest absolute Gasteiger partial charge is 0.138 e. The van der Waals surface area contributed by atoms with Crippen LogP contribution >= 0.6 is 11.6 Å². The monoisotopic (exact) mass is 226 g/mol. The van der Waals surface area contributed by atoms with E-state index in [4.69, 9.17) is 16.3 Å². The summed E-state index contributed by atoms with van der Waals surface area (Å²) in [7, 11) is 0. The minimum Gasteiger partial charge on any atom is -0.486 e. The number of aliphatic hydroxyl groups is 1. The van der Waals surface area contributed by atoms with Gasteiger partial charge in [-0.1, -0.05) is 30.2 Å². The quantitative estimate of drug-likeness (QED) is 0.840. The number of para-hydroxylation sites is 1. The molecular weight excluding hydrogens is 212 g/mol. The Kier molecular flexibility index (Phi) is 3.49. The van der Waals surface area contributed by atoms with Crippen molar-refractivity contribution < 1.29 is 9.84 Å². The molecule has 1 fully saturated rings. The van der Waals surface area contributed by atoms with Gasteiger partial charge < -0.3 is 9.84 Å². The second-order valence-corrected chi connectivity index (χ2v) is 4.35. The number of ether oxygens (including phenoxy) is 1. The van der Waals surface area contributed by atoms with Gasteiger partial charge in [-0.3, -0.25) is 0 Å². The zero-order valence-corrected chi connectivity index (χ0v) is 9.28. The first kappa shape index (κ1) is 10.8. The number of hydrogen-bond donors (Lipinski definition) is 1. The van der Waals surface area contributed by atoms with Gasteiger partial charge in [-0.25, -0.2) is 0 Å². The Bertz CT molecular complexity index is 327. The highest BCUT2D eigenvalue weighted by molar-refractivity contribution is 6.32. The van der Waals surface area contributed by atoms with Gasteiger partial charge in [0.2, 0.25) is 0 Å². The molecule has 1 aliphatic rings. The largest absolute Gasteiger partial charge is 0.486 e. The van der Waals surface area contributed by atoms with Gasteiger partial charge in [0.05, 0.1) is 11.1 Å². The molecule has 2 rings (SSSR count). The normalized spacial score (nSPS) is 26.3. The Hall–Kier alpha value is -0.730. The summed E-state index contributed by atoms with van der Waals surface area (Å²) in [5.74, 6) is 0.671. The Morgan fingerprint density at radius 1 is 1.20 bits per heavy atom. The number of benzene rings is 1. The number of aliphatic hydroxyl groups excluding tert-OH is 1. The molecule has 0 aromatic heterocycles. The standard InChI is InChI=1S/C12H15ClO2/c13-9-5-1-3-7-11(9)15-12-8-4-2-6-10(12)14/h1,3,5,7,10,12,14H,2,4,6,8H2. The maximum atomic E-state index is 9.75. The van der Waals surface area contributed by atoms with E-state index in [2.05, 4.69) is 0 Å². The summed E-state index contributed by atoms with van der Waals surface area (Å²) in [6.07, 6.45) is 3.49. The van der Waals surface area contributed by atoms with Crippen LogP contribution in [0.3, 0.4) is 0 Å². The van der Waals surface area contributed by atoms with Crippen LogP contribution in [-0.2, 0) is 0 Å². The van der Waals surface area contributed by atoms with Crippen molar-refractivity contribution in [2.45, 2.75) is 37.9 Å². The van der Waals surface area contributed by atoms with Crippen LogP contribution in [0, 0.1) is 0 Å². The van der Waals surface area contributed by atoms with Gasteiger partial charge >= 0.3 is 0 Å². The van der Waals surface area contributed by atoms with Crippen molar-refractivity contribution in [2.24, 2.45) is 0 Å². The van der Waals surface area contributed by atoms with Crippen LogP contribution in [0.1, 0.15) is 25.7 Å². The Balaban J connectivity index is 2.04. The molecule has 3 heteroatoms. The minimum atomic E-state index is -0.352. The lowest BCUT2D eigenvalue weighted by molar-refractivity contribution is 0.00693. The lowest BCUT2D eigenvalue weighted by Gasteiger charge is -2.28. The lowest BCUT2D eigenvalue weighted by Crippen LogP contribution is -2.34. The molecule has 15 heavy (non-hydrogen) atoms. The first-order valence-electron chi connectivity index (χ1n) is 5.36. The molecule has 2 atom stereocenters. The predicted octanol–water partition coefficient (Wildman–Crippen LogP) is 3.02. The highest BCUT2D eigenvalue weighted by Gasteiger charge is 2.25. The fraction of sp³-hybridized carbons (Fsp3) is 0.500. The summed E-state index contributed by atoms with van der Waals surface area (Å²) in [5.41, 5.74) is 0. The highest BCUT2D eigenvalue weighted by Crippen LogP contribution is 2.28. The fourth-order valence-corrected chi connectivity index (χ4v) is 2.10. The van der Waals surface area contributed by atoms with Crippen molar-refractivity contribution in [2.75, 3.05) is 0 Å². The van der Waals surface area contributed by atoms with Crippen molar-refractivity contribution in [1.29, 1.82) is 0 Å². The number of halogens is 1. The molecule has 0 radical (unpaired) electrons. The van der Waals surface area contributed by atoms with Crippen molar-refractivity contribution >= 4 is 11.6 Å². The zero-order valence-electron chi connectivity index (χ0n) is 8.53. The number of rotatable bonds is 2. The zero-order chi connectivity index (χ0) is 10.7. The molecule has 0 spiro atoms. The van der Waals surface area contributed by atoms with Gasteiger partial charge in [0.25, 0.3) is 0 Å². The van der Waals surface area contributed by atoms with Gasteiger partial charge in [-0.2, -0.15) is 0 Å². The van der Waals surface area contributed by atoms with Crippen LogP contribution in [0.5, 0.6) is 5.75 Å². The van der Waals surface area contributed by atoms with Gasteiger partial charge in [0.15, 0.2) is 0 Å². The van der Waals surface area contributed by atoms with E-state index < -0.39 is 0 Å². The summed E-state index contributed by atoms with van der Waals surface area (Å²) in [6.45, 7) is 0. The lowest BCUT2D eigenvalue weighted by atomic mass is 9.95. The first-order chi connectivity index (χ1) is 7.27. The molecule has 1 aromatic rings. The molecule has 1 saturated carbocycles. The third kappa shape index (κ3) is 2.64. The summed E-state index contributed by atoms with van der Waals surface area (Å²) >= 11 is 5.98. The fourth-order valence-electron chi connectivity index (χ4n) is 1.92. The molecule has 0 aliphatic heterocycles. The van der Waals surface area contributed by atoms with Crippen LogP contribution in [0.4, 0.5) is 0 Å². The molecule has 82 valence electrons. The maximum Gasteiger partial charge on any atom is 0.138 e. The predicted molar refractivity (Wildman–Crippen MR) is 60.3 cm³/mol. The van der Waals surface area contributed by atoms with E-state index in [1.54, 1.807) is 6.07 Å². The SMILES string of the molecule is OC1CCCCC1Oc1ccccc1Cl. The van der Waals surface area contributed by atoms with E-state index >= 15 is 0 Å². The van der Waals surface area contributed by atoms with E-state index in [9.17, 15) is 5.11 Å². The van der Waals surface area contributed by atoms with Crippen LogP contribution in [0.15, 0.2) is 24.3 Å². The minimum absolute atomic E-state index is 0.0985. The average molecular weight is 227 g/mol. The molecule has 2 nitrogen and oxygen atoms in total. The van der Waals surface area contributed by atoms with E-state index in [-0.39, 0.29) is 12.2 Å². The Labute approximate surface area is 94.8 Å². The molecule has 0 saturated heterocycles. The average Bonchev–Trinajstić information content (AvgIpc) is 2.24. The van der Waals surface area contributed by atoms with E-state index in [1.807, 2.05) is 18.2 Å². The van der Waals surface area contributed by atoms with Crippen LogP contribution in [0.2, 0.25) is 5.02 Å². The second-order valence-electron chi connectivity index (χ2n) is 3.94. The van der Waals surface area contributed by atoms with Crippen LogP contribution in [0.25, 0.3) is 0 Å². The summed E-state index contributed by atoms with van der Waals surface area (Å²) in [4.78, 5) is 0. The van der Waals surface area contributed by atoms with Gasteiger partial charge in [0, 0.05) is 0 Å². The van der Waals surface area contributed by atoms with Crippen molar-refractivity contribution in [3.05, 3.63) is 29.3 Å². The Morgan fingerprint density at radius 2 is 1.93 bits per heavy atom. The molecule has 0 heterocycles. The van der Waals surface area contributed by atoms with Gasteiger partial charge in [-0.05, 0) is 31.4 Å². The second kappa shape index (κ2) is 4.86. The summed E-state index contributed by atoms with van der Waals surface area (Å²) < 4.78 is 5.72. The van der Waals surface area contributed by atoms with E-state index in [0.717, 1.165) is 25.7 Å². The molecule has 0 amide bonds. The third-order valence-corrected chi connectivity index (χ3v) is 3.09. The van der Waals surface area contributed by atoms with Crippen LogP contribution in [-0.4, -0.2) is 17.3 Å². The topological polar surface area (TPSA) is 29.5 Å². The van der Waals surface area contributed by atoms with E-state index in [1.165, 1.54) is 0 Å². The third-order valence-electron chi connectivity index (χ3n) is 2.78. The Morgan fingerprint density at radius 3 is 2.67 bits per heavy atom. The highest BCUT2D eigenvalue weighted by atomic mass is 35.5. The summed E-state index contributed by atoms with van der Waals surface area (Å²) in [5, 5.41) is 10.4. The van der Waals surface area contributed by atoms with Crippen molar-refractivity contribution in [3.63, 3.8) is 0 Å². The molecule has 1 N–H and O–H groups in total. The molecule has 1 aliphatic carbocycles. The van der Waals surface area contributed by atoms with Crippen molar-refractivity contribution in [3.8, 4) is 5.75 Å². The molecule has 2 unspecified atom stereocenters. The molecule has 0 bridgehead atoms. The van der Waals surface area contributed by atoms with Gasteiger partial charge in [0.1, 0.15) is 11.9 Å². The molecule has 1 aromatic carbocycles. The number of hydrogen-bond acceptors (Lipinski definition) is 2. The molecular formula is C12H15ClO2. The van der Waals surface area contributed by atoms with Crippen LogP contribution < -0.4 is 4.74 Å². The maximum absolute atomic E-state index is 9.75. The first-order valence-corrected chi connectivity index (χ1v) is 5.74. The van der Waals surface area contributed by atoms with E-state index in [0.29, 0.717) is 10.8 Å². The van der Waals surface area contributed by atoms with Gasteiger partial charge in [-0.15, -0.1) is 0 Å². The van der Waals surface area contributed by atoms with Crippen molar-refractivity contribution in [1.82, 2.24) is 0 Å².